The molecular weight excluding hydrogens is 241 g/mol. The predicted molar refractivity (Wildman–Crippen MR) is 49.0 cm³/mol. The molecule has 0 amide bonds. The number of nitriles is 1. The zero-order chi connectivity index (χ0) is 13.1. The molecular formula is C9H11F3N2O3. The van der Waals surface area contributed by atoms with E-state index in [4.69, 9.17) is 15.1 Å². The van der Waals surface area contributed by atoms with Crippen LogP contribution in [0, 0.1) is 17.2 Å². The van der Waals surface area contributed by atoms with Crippen LogP contribution in [0.15, 0.2) is 0 Å². The molecule has 96 valence electrons. The number of halogens is 3. The van der Waals surface area contributed by atoms with Crippen LogP contribution >= 0.6 is 0 Å². The monoisotopic (exact) mass is 252 g/mol. The van der Waals surface area contributed by atoms with Crippen molar-refractivity contribution < 1.29 is 27.8 Å². The Morgan fingerprint density at radius 3 is 2.76 bits per heavy atom. The number of carbonyl (C=O) groups is 1. The lowest BCUT2D eigenvalue weighted by Gasteiger charge is -2.31. The largest absolute Gasteiger partial charge is 0.481 e. The zero-order valence-electron chi connectivity index (χ0n) is 8.78. The van der Waals surface area contributed by atoms with Crippen LogP contribution in [0.4, 0.5) is 13.2 Å². The van der Waals surface area contributed by atoms with E-state index in [9.17, 15) is 18.0 Å². The minimum atomic E-state index is -4.79. The Labute approximate surface area is 95.4 Å². The molecule has 1 rings (SSSR count). The van der Waals surface area contributed by atoms with E-state index in [0.29, 0.717) is 0 Å². The SMILES string of the molecule is N#CC1CN(CC(C(=O)O)C(F)(F)F)CCO1. The number of aliphatic carboxylic acids is 1. The first-order chi connectivity index (χ1) is 7.84. The average molecular weight is 252 g/mol. The third-order valence-electron chi connectivity index (χ3n) is 2.43. The van der Waals surface area contributed by atoms with Gasteiger partial charge in [0.05, 0.1) is 12.7 Å². The minimum Gasteiger partial charge on any atom is -0.481 e. The van der Waals surface area contributed by atoms with E-state index in [0.717, 1.165) is 0 Å². The average Bonchev–Trinajstić information content (AvgIpc) is 2.24. The van der Waals surface area contributed by atoms with E-state index >= 15 is 0 Å². The van der Waals surface area contributed by atoms with Crippen molar-refractivity contribution in [3.8, 4) is 6.07 Å². The number of carboxylic acid groups (broad SMARTS) is 1. The third kappa shape index (κ3) is 3.87. The molecule has 0 aromatic carbocycles. The molecule has 1 saturated heterocycles. The van der Waals surface area contributed by atoms with Gasteiger partial charge in [-0.2, -0.15) is 18.4 Å². The quantitative estimate of drug-likeness (QED) is 0.790. The van der Waals surface area contributed by atoms with Gasteiger partial charge in [-0.15, -0.1) is 0 Å². The van der Waals surface area contributed by atoms with Gasteiger partial charge in [-0.05, 0) is 0 Å². The number of carboxylic acids is 1. The van der Waals surface area contributed by atoms with Gasteiger partial charge < -0.3 is 9.84 Å². The van der Waals surface area contributed by atoms with Gasteiger partial charge >= 0.3 is 12.1 Å². The van der Waals surface area contributed by atoms with Crippen LogP contribution in [0.25, 0.3) is 0 Å². The Kier molecular flexibility index (Phi) is 4.31. The molecule has 0 aliphatic carbocycles. The van der Waals surface area contributed by atoms with Crippen LogP contribution in [0.2, 0.25) is 0 Å². The molecule has 0 bridgehead atoms. The number of nitrogens with zero attached hydrogens (tertiary/aromatic N) is 2. The van der Waals surface area contributed by atoms with Crippen molar-refractivity contribution in [1.82, 2.24) is 4.90 Å². The van der Waals surface area contributed by atoms with E-state index in [2.05, 4.69) is 0 Å². The lowest BCUT2D eigenvalue weighted by Crippen LogP contribution is -2.48. The highest BCUT2D eigenvalue weighted by molar-refractivity contribution is 5.71. The number of hydrogen-bond acceptors (Lipinski definition) is 4. The lowest BCUT2D eigenvalue weighted by atomic mass is 10.1. The molecule has 0 saturated carbocycles. The molecule has 0 radical (unpaired) electrons. The molecule has 2 atom stereocenters. The summed E-state index contributed by atoms with van der Waals surface area (Å²) in [6.07, 6.45) is -5.59. The fraction of sp³-hybridized carbons (Fsp3) is 0.778. The summed E-state index contributed by atoms with van der Waals surface area (Å²) in [5.41, 5.74) is 0. The first-order valence-electron chi connectivity index (χ1n) is 4.87. The summed E-state index contributed by atoms with van der Waals surface area (Å²) >= 11 is 0. The van der Waals surface area contributed by atoms with E-state index < -0.39 is 30.7 Å². The van der Waals surface area contributed by atoms with E-state index in [1.165, 1.54) is 4.90 Å². The van der Waals surface area contributed by atoms with Gasteiger partial charge in [0.1, 0.15) is 0 Å². The molecule has 1 heterocycles. The van der Waals surface area contributed by atoms with Crippen LogP contribution in [0.5, 0.6) is 0 Å². The van der Waals surface area contributed by atoms with Gasteiger partial charge in [0.2, 0.25) is 0 Å². The Bertz CT molecular complexity index is 326. The number of alkyl halides is 3. The van der Waals surface area contributed by atoms with Gasteiger partial charge in [-0.25, -0.2) is 0 Å². The van der Waals surface area contributed by atoms with Crippen molar-refractivity contribution in [1.29, 1.82) is 5.26 Å². The maximum absolute atomic E-state index is 12.4. The number of hydrogen-bond donors (Lipinski definition) is 1. The van der Waals surface area contributed by atoms with Crippen molar-refractivity contribution in [3.05, 3.63) is 0 Å². The van der Waals surface area contributed by atoms with Crippen LogP contribution in [-0.4, -0.2) is 54.5 Å². The maximum Gasteiger partial charge on any atom is 0.403 e. The highest BCUT2D eigenvalue weighted by Gasteiger charge is 2.46. The molecule has 1 fully saturated rings. The van der Waals surface area contributed by atoms with Gasteiger partial charge in [0.15, 0.2) is 12.0 Å². The summed E-state index contributed by atoms with van der Waals surface area (Å²) < 4.78 is 42.2. The molecule has 1 aliphatic rings. The van der Waals surface area contributed by atoms with Crippen LogP contribution < -0.4 is 0 Å². The molecule has 2 unspecified atom stereocenters. The molecule has 17 heavy (non-hydrogen) atoms. The maximum atomic E-state index is 12.4. The fourth-order valence-corrected chi connectivity index (χ4v) is 1.53. The zero-order valence-corrected chi connectivity index (χ0v) is 8.78. The van der Waals surface area contributed by atoms with Gasteiger partial charge in [-0.1, -0.05) is 0 Å². The minimum absolute atomic E-state index is 0.00361. The van der Waals surface area contributed by atoms with Crippen LogP contribution in [-0.2, 0) is 9.53 Å². The molecule has 1 N–H and O–H groups in total. The lowest BCUT2D eigenvalue weighted by molar-refractivity contribution is -0.198. The second kappa shape index (κ2) is 5.33. The second-order valence-electron chi connectivity index (χ2n) is 3.68. The van der Waals surface area contributed by atoms with Crippen molar-refractivity contribution in [2.75, 3.05) is 26.2 Å². The topological polar surface area (TPSA) is 73.6 Å². The predicted octanol–water partition coefficient (Wildman–Crippen LogP) is 0.474. The standard InChI is InChI=1S/C9H11F3N2O3/c10-9(11,12)7(8(15)16)5-14-1-2-17-6(3-13)4-14/h6-7H,1-2,4-5H2,(H,15,16). The summed E-state index contributed by atoms with van der Waals surface area (Å²) in [5, 5.41) is 17.1. The van der Waals surface area contributed by atoms with Gasteiger partial charge in [0, 0.05) is 19.6 Å². The number of ether oxygens (including phenoxy) is 1. The number of rotatable bonds is 3. The van der Waals surface area contributed by atoms with Crippen molar-refractivity contribution >= 4 is 5.97 Å². The van der Waals surface area contributed by atoms with E-state index in [1.807, 2.05) is 0 Å². The highest BCUT2D eigenvalue weighted by Crippen LogP contribution is 2.27. The molecule has 1 aliphatic heterocycles. The normalized spacial score (nSPS) is 24.0. The summed E-state index contributed by atoms with van der Waals surface area (Å²) in [7, 11) is 0. The summed E-state index contributed by atoms with van der Waals surface area (Å²) in [4.78, 5) is 11.8. The third-order valence-corrected chi connectivity index (χ3v) is 2.43. The van der Waals surface area contributed by atoms with Crippen LogP contribution in [0.1, 0.15) is 0 Å². The van der Waals surface area contributed by atoms with Crippen molar-refractivity contribution in [3.63, 3.8) is 0 Å². The second-order valence-corrected chi connectivity index (χ2v) is 3.68. The Balaban J connectivity index is 2.62. The van der Waals surface area contributed by atoms with Crippen LogP contribution in [0.3, 0.4) is 0 Å². The summed E-state index contributed by atoms with van der Waals surface area (Å²) in [6.45, 7) is -0.336. The molecule has 0 aromatic heterocycles. The van der Waals surface area contributed by atoms with E-state index in [-0.39, 0.29) is 19.7 Å². The smallest absolute Gasteiger partial charge is 0.403 e. The highest BCUT2D eigenvalue weighted by atomic mass is 19.4. The molecule has 0 aromatic rings. The van der Waals surface area contributed by atoms with Crippen molar-refractivity contribution in [2.45, 2.75) is 12.3 Å². The van der Waals surface area contributed by atoms with Crippen molar-refractivity contribution in [2.24, 2.45) is 5.92 Å². The first kappa shape index (κ1) is 13.7. The summed E-state index contributed by atoms with van der Waals surface area (Å²) in [5.74, 6) is -4.34. The van der Waals surface area contributed by atoms with Gasteiger partial charge in [0.25, 0.3) is 0 Å². The van der Waals surface area contributed by atoms with Gasteiger partial charge in [-0.3, -0.25) is 9.69 Å². The molecule has 0 spiro atoms. The molecule has 5 nitrogen and oxygen atoms in total. The molecule has 8 heteroatoms. The summed E-state index contributed by atoms with van der Waals surface area (Å²) in [6, 6.07) is 1.78. The fourth-order valence-electron chi connectivity index (χ4n) is 1.53. The Hall–Kier alpha value is -1.33. The Morgan fingerprint density at radius 1 is 1.65 bits per heavy atom. The van der Waals surface area contributed by atoms with E-state index in [1.54, 1.807) is 6.07 Å². The first-order valence-corrected chi connectivity index (χ1v) is 4.87. The Morgan fingerprint density at radius 2 is 2.29 bits per heavy atom. The number of morpholine rings is 1.